The van der Waals surface area contributed by atoms with Gasteiger partial charge in [0, 0.05) is 56.9 Å². The van der Waals surface area contributed by atoms with Crippen molar-refractivity contribution in [2.75, 3.05) is 26.2 Å². The molecule has 1 amide bonds. The molecule has 1 aromatic heterocycles. The molecule has 5 rings (SSSR count). The number of benzene rings is 1. The minimum atomic E-state index is -4.39. The van der Waals surface area contributed by atoms with Gasteiger partial charge in [-0.25, -0.2) is 0 Å². The Morgan fingerprint density at radius 2 is 1.84 bits per heavy atom. The van der Waals surface area contributed by atoms with E-state index in [0.717, 1.165) is 36.5 Å². The van der Waals surface area contributed by atoms with Gasteiger partial charge in [0.2, 0.25) is 5.96 Å². The summed E-state index contributed by atoms with van der Waals surface area (Å²) >= 11 is 0. The molecule has 3 aliphatic rings. The van der Waals surface area contributed by atoms with Crippen molar-refractivity contribution in [3.05, 3.63) is 70.9 Å². The van der Waals surface area contributed by atoms with Crippen molar-refractivity contribution >= 4 is 11.9 Å². The number of alkyl halides is 3. The van der Waals surface area contributed by atoms with Crippen LogP contribution in [0.25, 0.3) is 0 Å². The highest BCUT2D eigenvalue weighted by atomic mass is 19.4. The van der Waals surface area contributed by atoms with E-state index in [1.165, 1.54) is 12.1 Å². The lowest BCUT2D eigenvalue weighted by Crippen LogP contribution is -2.53. The van der Waals surface area contributed by atoms with Gasteiger partial charge >= 0.3 is 6.18 Å². The molecule has 0 saturated carbocycles. The summed E-state index contributed by atoms with van der Waals surface area (Å²) in [7, 11) is 0. The number of carbonyl (C=O) groups is 1. The van der Waals surface area contributed by atoms with Crippen LogP contribution in [0.2, 0.25) is 0 Å². The Kier molecular flexibility index (Phi) is 5.16. The minimum absolute atomic E-state index is 0.138. The summed E-state index contributed by atoms with van der Waals surface area (Å²) in [4.78, 5) is 32.2. The maximum absolute atomic E-state index is 13.5. The molecule has 2 aromatic rings. The molecule has 10 heteroatoms. The summed E-state index contributed by atoms with van der Waals surface area (Å²) in [5, 5.41) is 0. The van der Waals surface area contributed by atoms with Crippen LogP contribution in [0.15, 0.2) is 59.1 Å². The van der Waals surface area contributed by atoms with Gasteiger partial charge in [0.1, 0.15) is 0 Å². The molecule has 7 nitrogen and oxygen atoms in total. The number of rotatable bonds is 4. The second-order valence-electron chi connectivity index (χ2n) is 8.00. The zero-order chi connectivity index (χ0) is 22.3. The predicted molar refractivity (Wildman–Crippen MR) is 110 cm³/mol. The number of hydrogen-bond donors (Lipinski definition) is 0. The van der Waals surface area contributed by atoms with E-state index in [1.54, 1.807) is 23.5 Å². The van der Waals surface area contributed by atoms with E-state index in [-0.39, 0.29) is 12.5 Å². The number of halogens is 3. The van der Waals surface area contributed by atoms with E-state index >= 15 is 0 Å². The van der Waals surface area contributed by atoms with Gasteiger partial charge in [0.25, 0.3) is 5.91 Å². The molecule has 0 unspecified atom stereocenters. The van der Waals surface area contributed by atoms with Gasteiger partial charge in [-0.15, -0.1) is 0 Å². The molecule has 0 spiro atoms. The topological polar surface area (TPSA) is 64.9 Å². The van der Waals surface area contributed by atoms with Gasteiger partial charge in [-0.1, -0.05) is 12.1 Å². The average molecular weight is 442 g/mol. The van der Waals surface area contributed by atoms with Crippen LogP contribution in [0.5, 0.6) is 0 Å². The monoisotopic (exact) mass is 442 g/mol. The third kappa shape index (κ3) is 3.86. The fourth-order valence-corrected chi connectivity index (χ4v) is 4.37. The number of aromatic nitrogens is 2. The van der Waals surface area contributed by atoms with Gasteiger partial charge in [-0.05, 0) is 17.7 Å². The van der Waals surface area contributed by atoms with Crippen LogP contribution >= 0.6 is 0 Å². The Hall–Kier alpha value is -3.27. The highest BCUT2D eigenvalue weighted by Gasteiger charge is 2.41. The molecule has 0 radical (unpaired) electrons. The number of guanidine groups is 1. The molecule has 4 heterocycles. The SMILES string of the molecule is O=C1C2=C(CCN(Cc3cnccn3)C2)N2CCN=C2N1Cc1ccc(C(F)(F)F)cc1. The lowest BCUT2D eigenvalue weighted by Gasteiger charge is -2.42. The summed E-state index contributed by atoms with van der Waals surface area (Å²) < 4.78 is 38.7. The van der Waals surface area contributed by atoms with E-state index in [2.05, 4.69) is 24.8 Å². The second kappa shape index (κ2) is 8.01. The van der Waals surface area contributed by atoms with Crippen molar-refractivity contribution in [3.8, 4) is 0 Å². The first-order chi connectivity index (χ1) is 15.4. The van der Waals surface area contributed by atoms with E-state index in [9.17, 15) is 18.0 Å². The molecular weight excluding hydrogens is 421 g/mol. The molecule has 0 atom stereocenters. The maximum atomic E-state index is 13.5. The maximum Gasteiger partial charge on any atom is 0.416 e. The van der Waals surface area contributed by atoms with Crippen molar-refractivity contribution < 1.29 is 18.0 Å². The van der Waals surface area contributed by atoms with Gasteiger partial charge < -0.3 is 4.90 Å². The summed E-state index contributed by atoms with van der Waals surface area (Å²) in [6, 6.07) is 4.93. The van der Waals surface area contributed by atoms with Gasteiger partial charge in [0.05, 0.1) is 29.9 Å². The van der Waals surface area contributed by atoms with E-state index in [0.29, 0.717) is 43.3 Å². The first-order valence-corrected chi connectivity index (χ1v) is 10.4. The number of amides is 1. The smallest absolute Gasteiger partial charge is 0.314 e. The highest BCUT2D eigenvalue weighted by molar-refractivity contribution is 6.09. The predicted octanol–water partition coefficient (Wildman–Crippen LogP) is 2.67. The standard InChI is InChI=1S/C22H21F3N6O/c23-22(24,25)16-3-1-15(2-4-16)12-31-20(32)18-14-29(13-17-11-26-6-7-27-17)9-5-19(18)30-10-8-28-21(30)31/h1-4,6-7,11H,5,8-10,12-14H2. The number of fused-ring (bicyclic) bond motifs is 2. The number of aliphatic imine (C=N–C) groups is 1. The third-order valence-corrected chi connectivity index (χ3v) is 5.91. The zero-order valence-electron chi connectivity index (χ0n) is 17.2. The molecule has 0 aliphatic carbocycles. The fraction of sp³-hybridized carbons (Fsp3) is 0.364. The fourth-order valence-electron chi connectivity index (χ4n) is 4.37. The van der Waals surface area contributed by atoms with Crippen LogP contribution in [-0.4, -0.2) is 62.7 Å². The number of nitrogens with zero attached hydrogens (tertiary/aromatic N) is 6. The van der Waals surface area contributed by atoms with E-state index in [4.69, 9.17) is 0 Å². The van der Waals surface area contributed by atoms with E-state index in [1.807, 2.05) is 0 Å². The number of hydrogen-bond acceptors (Lipinski definition) is 6. The molecule has 3 aliphatic heterocycles. The Labute approximate surface area is 182 Å². The molecule has 166 valence electrons. The molecule has 0 N–H and O–H groups in total. The zero-order valence-corrected chi connectivity index (χ0v) is 17.2. The van der Waals surface area contributed by atoms with Crippen molar-refractivity contribution in [1.82, 2.24) is 24.7 Å². The van der Waals surface area contributed by atoms with Crippen LogP contribution in [0.4, 0.5) is 13.2 Å². The average Bonchev–Trinajstić information content (AvgIpc) is 3.27. The first kappa shape index (κ1) is 20.6. The summed E-state index contributed by atoms with van der Waals surface area (Å²) in [5.41, 5.74) is 2.48. The van der Waals surface area contributed by atoms with Gasteiger partial charge in [-0.2, -0.15) is 13.2 Å². The lowest BCUT2D eigenvalue weighted by molar-refractivity contribution is -0.137. The highest BCUT2D eigenvalue weighted by Crippen LogP contribution is 2.33. The second-order valence-corrected chi connectivity index (χ2v) is 8.00. The summed E-state index contributed by atoms with van der Waals surface area (Å²) in [6.07, 6.45) is 1.33. The van der Waals surface area contributed by atoms with Gasteiger partial charge in [-0.3, -0.25) is 29.6 Å². The van der Waals surface area contributed by atoms with Crippen molar-refractivity contribution in [2.24, 2.45) is 4.99 Å². The Balaban J connectivity index is 1.37. The first-order valence-electron chi connectivity index (χ1n) is 10.4. The van der Waals surface area contributed by atoms with E-state index < -0.39 is 11.7 Å². The molecule has 1 aromatic carbocycles. The molecule has 0 fully saturated rings. The normalized spacial score (nSPS) is 19.2. The Bertz CT molecular complexity index is 1080. The van der Waals surface area contributed by atoms with Crippen LogP contribution in [-0.2, 0) is 24.1 Å². The lowest BCUT2D eigenvalue weighted by atomic mass is 10.00. The van der Waals surface area contributed by atoms with Crippen molar-refractivity contribution in [3.63, 3.8) is 0 Å². The Morgan fingerprint density at radius 1 is 1.03 bits per heavy atom. The van der Waals surface area contributed by atoms with Crippen LogP contribution in [0.3, 0.4) is 0 Å². The summed E-state index contributed by atoms with van der Waals surface area (Å²) in [6.45, 7) is 3.34. The molecule has 32 heavy (non-hydrogen) atoms. The minimum Gasteiger partial charge on any atom is -0.314 e. The third-order valence-electron chi connectivity index (χ3n) is 5.91. The van der Waals surface area contributed by atoms with Crippen LogP contribution in [0, 0.1) is 0 Å². The number of carbonyl (C=O) groups excluding carboxylic acids is 1. The Morgan fingerprint density at radius 3 is 2.56 bits per heavy atom. The molecule has 0 bridgehead atoms. The van der Waals surface area contributed by atoms with Crippen molar-refractivity contribution in [2.45, 2.75) is 25.7 Å². The summed E-state index contributed by atoms with van der Waals surface area (Å²) in [5.74, 6) is 0.455. The molecular formula is C22H21F3N6O. The van der Waals surface area contributed by atoms with Crippen LogP contribution < -0.4 is 0 Å². The largest absolute Gasteiger partial charge is 0.416 e. The van der Waals surface area contributed by atoms with Gasteiger partial charge in [0.15, 0.2) is 0 Å². The quantitative estimate of drug-likeness (QED) is 0.729. The van der Waals surface area contributed by atoms with Crippen LogP contribution in [0.1, 0.15) is 23.2 Å². The van der Waals surface area contributed by atoms with Crippen molar-refractivity contribution in [1.29, 1.82) is 0 Å². The molecule has 0 saturated heterocycles.